The highest BCUT2D eigenvalue weighted by atomic mass is 32.1. The number of anilines is 1. The van der Waals surface area contributed by atoms with E-state index in [-0.39, 0.29) is 17.2 Å². The number of benzene rings is 1. The Morgan fingerprint density at radius 3 is 2.88 bits per heavy atom. The summed E-state index contributed by atoms with van der Waals surface area (Å²) in [4.78, 5) is 12.3. The van der Waals surface area contributed by atoms with E-state index in [1.165, 1.54) is 23.5 Å². The lowest BCUT2D eigenvalue weighted by Gasteiger charge is -2.04. The van der Waals surface area contributed by atoms with E-state index in [9.17, 15) is 9.90 Å². The molecule has 0 radical (unpaired) electrons. The van der Waals surface area contributed by atoms with Crippen LogP contribution in [0.25, 0.3) is 0 Å². The lowest BCUT2D eigenvalue weighted by molar-refractivity contribution is 0.103. The Morgan fingerprint density at radius 2 is 2.24 bits per heavy atom. The van der Waals surface area contributed by atoms with E-state index < -0.39 is 0 Å². The largest absolute Gasteiger partial charge is 0.507 e. The van der Waals surface area contributed by atoms with Gasteiger partial charge in [-0.1, -0.05) is 6.07 Å². The van der Waals surface area contributed by atoms with Crippen LogP contribution in [0.5, 0.6) is 5.75 Å². The van der Waals surface area contributed by atoms with Gasteiger partial charge in [0.25, 0.3) is 5.91 Å². The van der Waals surface area contributed by atoms with Crippen LogP contribution in [0, 0.1) is 11.3 Å². The third kappa shape index (κ3) is 2.44. The Bertz CT molecular complexity index is 585. The number of amides is 1. The molecule has 2 N–H and O–H groups in total. The predicted octanol–water partition coefficient (Wildman–Crippen LogP) is 2.58. The lowest BCUT2D eigenvalue weighted by atomic mass is 10.2. The van der Waals surface area contributed by atoms with Crippen molar-refractivity contribution in [2.45, 2.75) is 0 Å². The first-order valence-electron chi connectivity index (χ1n) is 4.78. The van der Waals surface area contributed by atoms with Crippen LogP contribution < -0.4 is 5.32 Å². The first-order chi connectivity index (χ1) is 8.20. The molecular weight excluding hydrogens is 236 g/mol. The molecule has 0 atom stereocenters. The van der Waals surface area contributed by atoms with E-state index in [0.717, 1.165) is 0 Å². The number of phenolic OH excluding ortho intramolecular Hbond substituents is 1. The Kier molecular flexibility index (Phi) is 3.08. The maximum Gasteiger partial charge on any atom is 0.265 e. The number of hydrogen-bond acceptors (Lipinski definition) is 4. The monoisotopic (exact) mass is 244 g/mol. The molecule has 0 aliphatic heterocycles. The van der Waals surface area contributed by atoms with Crippen molar-refractivity contribution in [3.05, 3.63) is 46.2 Å². The molecule has 17 heavy (non-hydrogen) atoms. The van der Waals surface area contributed by atoms with Crippen molar-refractivity contribution in [3.63, 3.8) is 0 Å². The summed E-state index contributed by atoms with van der Waals surface area (Å²) in [5, 5.41) is 22.5. The number of nitriles is 1. The van der Waals surface area contributed by atoms with Crippen molar-refractivity contribution in [1.29, 1.82) is 5.26 Å². The normalized spacial score (nSPS) is 9.59. The molecule has 0 spiro atoms. The van der Waals surface area contributed by atoms with Crippen molar-refractivity contribution in [1.82, 2.24) is 0 Å². The first kappa shape index (κ1) is 11.2. The number of thiophene rings is 1. The van der Waals surface area contributed by atoms with Gasteiger partial charge >= 0.3 is 0 Å². The molecule has 5 heteroatoms. The van der Waals surface area contributed by atoms with Crippen molar-refractivity contribution >= 4 is 22.9 Å². The summed E-state index contributed by atoms with van der Waals surface area (Å²) in [7, 11) is 0. The predicted molar refractivity (Wildman–Crippen MR) is 65.1 cm³/mol. The van der Waals surface area contributed by atoms with Crippen LogP contribution in [0.1, 0.15) is 15.2 Å². The van der Waals surface area contributed by atoms with Gasteiger partial charge in [-0.05, 0) is 29.6 Å². The maximum atomic E-state index is 11.7. The third-order valence-electron chi connectivity index (χ3n) is 2.12. The lowest BCUT2D eigenvalue weighted by Crippen LogP contribution is -2.09. The second-order valence-corrected chi connectivity index (χ2v) is 4.22. The van der Waals surface area contributed by atoms with Crippen molar-refractivity contribution in [2.24, 2.45) is 0 Å². The summed E-state index contributed by atoms with van der Waals surface area (Å²) in [5.74, 6) is -0.323. The van der Waals surface area contributed by atoms with E-state index in [4.69, 9.17) is 5.26 Å². The molecule has 0 saturated heterocycles. The standard InChI is InChI=1S/C12H8N2O2S/c13-7-8-6-9(3-4-10(8)15)14-12(16)11-2-1-5-17-11/h1-6,15H,(H,14,16). The average molecular weight is 244 g/mol. The van der Waals surface area contributed by atoms with Crippen molar-refractivity contribution < 1.29 is 9.90 Å². The van der Waals surface area contributed by atoms with E-state index in [1.54, 1.807) is 18.2 Å². The summed E-state index contributed by atoms with van der Waals surface area (Å²) < 4.78 is 0. The SMILES string of the molecule is N#Cc1cc(NC(=O)c2cccs2)ccc1O. The highest BCUT2D eigenvalue weighted by molar-refractivity contribution is 7.12. The van der Waals surface area contributed by atoms with E-state index >= 15 is 0 Å². The Hall–Kier alpha value is -2.32. The molecule has 0 aliphatic rings. The van der Waals surface area contributed by atoms with Gasteiger partial charge in [0, 0.05) is 5.69 Å². The Balaban J connectivity index is 2.20. The zero-order valence-corrected chi connectivity index (χ0v) is 9.49. The van der Waals surface area contributed by atoms with Gasteiger partial charge in [-0.15, -0.1) is 11.3 Å². The number of rotatable bonds is 2. The minimum atomic E-state index is -0.227. The van der Waals surface area contributed by atoms with Crippen molar-refractivity contribution in [2.75, 3.05) is 5.32 Å². The zero-order valence-electron chi connectivity index (χ0n) is 8.68. The molecule has 2 aromatic rings. The van der Waals surface area contributed by atoms with E-state index in [2.05, 4.69) is 5.32 Å². The van der Waals surface area contributed by atoms with Crippen LogP contribution in [0.3, 0.4) is 0 Å². The molecule has 0 unspecified atom stereocenters. The molecule has 1 aromatic heterocycles. The minimum Gasteiger partial charge on any atom is -0.507 e. The fraction of sp³-hybridized carbons (Fsp3) is 0. The maximum absolute atomic E-state index is 11.7. The quantitative estimate of drug-likeness (QED) is 0.797. The molecule has 1 aromatic carbocycles. The number of hydrogen-bond donors (Lipinski definition) is 2. The number of carbonyl (C=O) groups is 1. The summed E-state index contributed by atoms with van der Waals surface area (Å²) >= 11 is 1.34. The second kappa shape index (κ2) is 4.68. The molecular formula is C12H8N2O2S. The molecule has 1 amide bonds. The topological polar surface area (TPSA) is 73.1 Å². The first-order valence-corrected chi connectivity index (χ1v) is 5.66. The Labute approximate surface area is 102 Å². The number of nitrogens with one attached hydrogen (secondary N) is 1. The fourth-order valence-corrected chi connectivity index (χ4v) is 1.92. The molecule has 2 rings (SSSR count). The summed E-state index contributed by atoms with van der Waals surface area (Å²) in [5.41, 5.74) is 0.617. The summed E-state index contributed by atoms with van der Waals surface area (Å²) in [6, 6.07) is 9.70. The van der Waals surface area contributed by atoms with Gasteiger partial charge in [0.05, 0.1) is 10.4 Å². The highest BCUT2D eigenvalue weighted by Crippen LogP contribution is 2.21. The van der Waals surface area contributed by atoms with Gasteiger partial charge in [-0.25, -0.2) is 0 Å². The number of carbonyl (C=O) groups excluding carboxylic acids is 1. The molecule has 0 aliphatic carbocycles. The second-order valence-electron chi connectivity index (χ2n) is 3.28. The molecule has 4 nitrogen and oxygen atoms in total. The summed E-state index contributed by atoms with van der Waals surface area (Å²) in [6.07, 6.45) is 0. The van der Waals surface area contributed by atoms with Crippen LogP contribution in [-0.4, -0.2) is 11.0 Å². The van der Waals surface area contributed by atoms with Gasteiger partial charge in [-0.3, -0.25) is 4.79 Å². The minimum absolute atomic E-state index is 0.0957. The third-order valence-corrected chi connectivity index (χ3v) is 2.99. The summed E-state index contributed by atoms with van der Waals surface area (Å²) in [6.45, 7) is 0. The highest BCUT2D eigenvalue weighted by Gasteiger charge is 2.08. The van der Waals surface area contributed by atoms with Crippen LogP contribution in [-0.2, 0) is 0 Å². The van der Waals surface area contributed by atoms with Gasteiger partial charge in [0.2, 0.25) is 0 Å². The molecule has 84 valence electrons. The van der Waals surface area contributed by atoms with Gasteiger partial charge < -0.3 is 10.4 Å². The van der Waals surface area contributed by atoms with Crippen molar-refractivity contribution in [3.8, 4) is 11.8 Å². The number of phenols is 1. The number of nitrogens with zero attached hydrogens (tertiary/aromatic N) is 1. The van der Waals surface area contributed by atoms with Crippen LogP contribution in [0.2, 0.25) is 0 Å². The van der Waals surface area contributed by atoms with Gasteiger partial charge in [0.1, 0.15) is 11.8 Å². The van der Waals surface area contributed by atoms with Crippen LogP contribution in [0.4, 0.5) is 5.69 Å². The smallest absolute Gasteiger partial charge is 0.265 e. The number of aromatic hydroxyl groups is 1. The molecule has 0 fully saturated rings. The average Bonchev–Trinajstić information content (AvgIpc) is 2.85. The Morgan fingerprint density at radius 1 is 1.41 bits per heavy atom. The van der Waals surface area contributed by atoms with Gasteiger partial charge in [0.15, 0.2) is 0 Å². The van der Waals surface area contributed by atoms with Crippen LogP contribution in [0.15, 0.2) is 35.7 Å². The molecule has 0 saturated carbocycles. The fourth-order valence-electron chi connectivity index (χ4n) is 1.30. The van der Waals surface area contributed by atoms with Gasteiger partial charge in [-0.2, -0.15) is 5.26 Å². The van der Waals surface area contributed by atoms with E-state index in [1.807, 2.05) is 11.4 Å². The molecule has 1 heterocycles. The van der Waals surface area contributed by atoms with Crippen LogP contribution >= 0.6 is 11.3 Å². The molecule has 0 bridgehead atoms. The van der Waals surface area contributed by atoms with E-state index in [0.29, 0.717) is 10.6 Å². The zero-order chi connectivity index (χ0) is 12.3.